The highest BCUT2D eigenvalue weighted by atomic mass is 16.5. The Labute approximate surface area is 188 Å². The number of ether oxygens (including phenoxy) is 2. The topological polar surface area (TPSA) is 59.6 Å². The van der Waals surface area contributed by atoms with Crippen LogP contribution in [0.15, 0.2) is 84.1 Å². The van der Waals surface area contributed by atoms with E-state index in [1.807, 2.05) is 60.7 Å². The molecule has 1 heterocycles. The van der Waals surface area contributed by atoms with E-state index in [0.717, 1.165) is 51.7 Å². The van der Waals surface area contributed by atoms with Gasteiger partial charge in [0.05, 0.1) is 31.6 Å². The summed E-state index contributed by atoms with van der Waals surface area (Å²) in [6, 6.07) is 23.8. The third-order valence-electron chi connectivity index (χ3n) is 6.32. The van der Waals surface area contributed by atoms with Crippen molar-refractivity contribution in [3.63, 3.8) is 0 Å². The molecule has 0 fully saturated rings. The number of anilines is 2. The second-order valence-electron chi connectivity index (χ2n) is 8.22. The fourth-order valence-electron chi connectivity index (χ4n) is 4.68. The number of carbonyl (C=O) groups excluding carboxylic acids is 1. The highest BCUT2D eigenvalue weighted by molar-refractivity contribution is 6.01. The first-order chi connectivity index (χ1) is 15.7. The van der Waals surface area contributed by atoms with Crippen molar-refractivity contribution >= 4 is 17.2 Å². The normalized spacial score (nSPS) is 19.8. The van der Waals surface area contributed by atoms with E-state index < -0.39 is 0 Å². The van der Waals surface area contributed by atoms with E-state index in [2.05, 4.69) is 22.8 Å². The number of hydrogen-bond acceptors (Lipinski definition) is 5. The number of hydrogen-bond donors (Lipinski definition) is 2. The summed E-state index contributed by atoms with van der Waals surface area (Å²) in [6.07, 6.45) is 1.25. The lowest BCUT2D eigenvalue weighted by Crippen LogP contribution is -2.26. The fraction of sp³-hybridized carbons (Fsp3) is 0.222. The smallest absolute Gasteiger partial charge is 0.163 e. The number of carbonyl (C=O) groups is 1. The minimum absolute atomic E-state index is 0.121. The Kier molecular flexibility index (Phi) is 5.31. The van der Waals surface area contributed by atoms with Gasteiger partial charge in [-0.05, 0) is 59.9 Å². The average molecular weight is 427 g/mol. The van der Waals surface area contributed by atoms with Crippen molar-refractivity contribution in [2.24, 2.45) is 0 Å². The zero-order valence-electron chi connectivity index (χ0n) is 18.2. The zero-order valence-corrected chi connectivity index (χ0v) is 18.2. The first-order valence-electron chi connectivity index (χ1n) is 10.8. The van der Waals surface area contributed by atoms with Crippen molar-refractivity contribution in [3.8, 4) is 11.5 Å². The van der Waals surface area contributed by atoms with Crippen LogP contribution < -0.4 is 20.1 Å². The van der Waals surface area contributed by atoms with E-state index in [0.29, 0.717) is 6.42 Å². The van der Waals surface area contributed by atoms with Crippen LogP contribution in [0.2, 0.25) is 0 Å². The van der Waals surface area contributed by atoms with Crippen LogP contribution in [0.4, 0.5) is 11.4 Å². The molecule has 2 N–H and O–H groups in total. The Balaban J connectivity index is 1.58. The van der Waals surface area contributed by atoms with E-state index in [4.69, 9.17) is 9.47 Å². The van der Waals surface area contributed by atoms with Gasteiger partial charge in [-0.25, -0.2) is 0 Å². The van der Waals surface area contributed by atoms with Crippen LogP contribution in [0.1, 0.15) is 35.9 Å². The van der Waals surface area contributed by atoms with E-state index in [-0.39, 0.29) is 17.7 Å². The molecule has 5 heteroatoms. The molecule has 3 aromatic carbocycles. The third-order valence-corrected chi connectivity index (χ3v) is 6.32. The van der Waals surface area contributed by atoms with Crippen molar-refractivity contribution < 1.29 is 14.3 Å². The SMILES string of the molecule is COc1ccc([C@@H]2CC(=O)C3=C(C2)Nc2ccccc2N[C@@H]3c2cccc(OC)c2)cc1. The summed E-state index contributed by atoms with van der Waals surface area (Å²) in [5, 5.41) is 7.20. The quantitative estimate of drug-likeness (QED) is 0.562. The second-order valence-corrected chi connectivity index (χ2v) is 8.22. The van der Waals surface area contributed by atoms with Crippen molar-refractivity contribution in [2.75, 3.05) is 24.9 Å². The minimum atomic E-state index is -0.249. The molecule has 2 atom stereocenters. The number of Topliss-reactive ketones (excluding diaryl/α,β-unsaturated/α-hetero) is 1. The summed E-state index contributed by atoms with van der Waals surface area (Å²) < 4.78 is 10.7. The maximum absolute atomic E-state index is 13.6. The van der Waals surface area contributed by atoms with Gasteiger partial charge in [0.2, 0.25) is 0 Å². The lowest BCUT2D eigenvalue weighted by atomic mass is 9.78. The number of rotatable bonds is 4. The van der Waals surface area contributed by atoms with Gasteiger partial charge < -0.3 is 20.1 Å². The molecule has 162 valence electrons. The molecule has 5 rings (SSSR count). The molecule has 1 aliphatic heterocycles. The fourth-order valence-corrected chi connectivity index (χ4v) is 4.68. The predicted octanol–water partition coefficient (Wildman–Crippen LogP) is 5.68. The molecule has 0 aromatic heterocycles. The Hall–Kier alpha value is -3.73. The van der Waals surface area contributed by atoms with Gasteiger partial charge in [-0.2, -0.15) is 0 Å². The molecule has 2 aliphatic rings. The Morgan fingerprint density at radius 1 is 0.781 bits per heavy atom. The lowest BCUT2D eigenvalue weighted by Gasteiger charge is -2.30. The van der Waals surface area contributed by atoms with Crippen molar-refractivity contribution in [2.45, 2.75) is 24.8 Å². The van der Waals surface area contributed by atoms with Gasteiger partial charge in [0.1, 0.15) is 11.5 Å². The molecular formula is C27H26N2O3. The third kappa shape index (κ3) is 3.71. The summed E-state index contributed by atoms with van der Waals surface area (Å²) in [4.78, 5) is 13.6. The molecule has 32 heavy (non-hydrogen) atoms. The molecule has 0 saturated carbocycles. The van der Waals surface area contributed by atoms with E-state index in [9.17, 15) is 4.79 Å². The van der Waals surface area contributed by atoms with Crippen LogP contribution in [0, 0.1) is 0 Å². The average Bonchev–Trinajstić information content (AvgIpc) is 3.01. The number of allylic oxidation sites excluding steroid dienone is 1. The molecule has 0 radical (unpaired) electrons. The minimum Gasteiger partial charge on any atom is -0.497 e. The molecule has 0 amide bonds. The lowest BCUT2D eigenvalue weighted by molar-refractivity contribution is -0.116. The summed E-state index contributed by atoms with van der Waals surface area (Å²) in [7, 11) is 3.32. The van der Waals surface area contributed by atoms with Crippen molar-refractivity contribution in [1.29, 1.82) is 0 Å². The highest BCUT2D eigenvalue weighted by Gasteiger charge is 2.36. The first-order valence-corrected chi connectivity index (χ1v) is 10.8. The molecule has 5 nitrogen and oxygen atoms in total. The van der Waals surface area contributed by atoms with Gasteiger partial charge in [-0.1, -0.05) is 36.4 Å². The number of fused-ring (bicyclic) bond motifs is 1. The van der Waals surface area contributed by atoms with Crippen LogP contribution >= 0.6 is 0 Å². The van der Waals surface area contributed by atoms with E-state index >= 15 is 0 Å². The standard InChI is InChI=1S/C27H26N2O3/c1-31-20-12-10-17(11-13-20)19-15-24-26(25(30)16-19)27(18-6-5-7-21(14-18)32-2)29-23-9-4-3-8-22(23)28-24/h3-14,19,27-29H,15-16H2,1-2H3/t19-,27+/m0/s1. The van der Waals surface area contributed by atoms with Crippen LogP contribution in [-0.2, 0) is 4.79 Å². The molecular weight excluding hydrogens is 400 g/mol. The van der Waals surface area contributed by atoms with Gasteiger partial charge in [0.25, 0.3) is 0 Å². The van der Waals surface area contributed by atoms with Crippen molar-refractivity contribution in [1.82, 2.24) is 0 Å². The molecule has 0 unspecified atom stereocenters. The molecule has 0 saturated heterocycles. The van der Waals surface area contributed by atoms with Crippen molar-refractivity contribution in [3.05, 3.63) is 95.2 Å². The maximum atomic E-state index is 13.6. The van der Waals surface area contributed by atoms with Crippen LogP contribution in [0.3, 0.4) is 0 Å². The maximum Gasteiger partial charge on any atom is 0.163 e. The summed E-state index contributed by atoms with van der Waals surface area (Å²) >= 11 is 0. The Morgan fingerprint density at radius 3 is 2.28 bits per heavy atom. The Bertz CT molecular complexity index is 1180. The monoisotopic (exact) mass is 426 g/mol. The number of benzene rings is 3. The number of methoxy groups -OCH3 is 2. The van der Waals surface area contributed by atoms with Gasteiger partial charge in [0, 0.05) is 17.7 Å². The van der Waals surface area contributed by atoms with E-state index in [1.54, 1.807) is 14.2 Å². The zero-order chi connectivity index (χ0) is 22.1. The number of para-hydroxylation sites is 2. The van der Waals surface area contributed by atoms with Crippen LogP contribution in [0.25, 0.3) is 0 Å². The summed E-state index contributed by atoms with van der Waals surface area (Å²) in [5.74, 6) is 1.87. The largest absolute Gasteiger partial charge is 0.497 e. The first kappa shape index (κ1) is 20.2. The van der Waals surface area contributed by atoms with E-state index in [1.165, 1.54) is 0 Å². The molecule has 3 aromatic rings. The number of ketones is 1. The van der Waals surface area contributed by atoms with Gasteiger partial charge >= 0.3 is 0 Å². The van der Waals surface area contributed by atoms with Gasteiger partial charge in [0.15, 0.2) is 5.78 Å². The molecule has 1 aliphatic carbocycles. The highest BCUT2D eigenvalue weighted by Crippen LogP contribution is 2.44. The second kappa shape index (κ2) is 8.42. The Morgan fingerprint density at radius 2 is 1.53 bits per heavy atom. The van der Waals surface area contributed by atoms with Gasteiger partial charge in [-0.3, -0.25) is 4.79 Å². The van der Waals surface area contributed by atoms with Crippen LogP contribution in [0.5, 0.6) is 11.5 Å². The predicted molar refractivity (Wildman–Crippen MR) is 126 cm³/mol. The number of nitrogens with one attached hydrogen (secondary N) is 2. The summed E-state index contributed by atoms with van der Waals surface area (Å²) in [6.45, 7) is 0. The van der Waals surface area contributed by atoms with Gasteiger partial charge in [-0.15, -0.1) is 0 Å². The summed E-state index contributed by atoms with van der Waals surface area (Å²) in [5.41, 5.74) is 5.89. The molecule has 0 spiro atoms. The van der Waals surface area contributed by atoms with Crippen LogP contribution in [-0.4, -0.2) is 20.0 Å². The molecule has 0 bridgehead atoms.